The van der Waals surface area contributed by atoms with Crippen molar-refractivity contribution in [1.29, 1.82) is 0 Å². The molecule has 0 aliphatic carbocycles. The molecular weight excluding hydrogens is 613 g/mol. The Balaban J connectivity index is 1.22. The quantitative estimate of drug-likeness (QED) is 0.180. The summed E-state index contributed by atoms with van der Waals surface area (Å²) in [5.41, 5.74) is 5.56. The maximum Gasteiger partial charge on any atom is 0.0645 e. The average molecular weight is 650 g/mol. The van der Waals surface area contributed by atoms with Crippen LogP contribution < -0.4 is 0 Å². The molecule has 0 N–H and O–H groups in total. The summed E-state index contributed by atoms with van der Waals surface area (Å²) in [6.45, 7) is 0. The first-order valence-corrected chi connectivity index (χ1v) is 16.9. The molecular formula is C46H28N2S. The van der Waals surface area contributed by atoms with Gasteiger partial charge in [0, 0.05) is 53.1 Å². The van der Waals surface area contributed by atoms with Crippen molar-refractivity contribution in [3.05, 3.63) is 170 Å². The molecule has 2 nitrogen and oxygen atoms in total. The summed E-state index contributed by atoms with van der Waals surface area (Å²) < 4.78 is 84.4. The van der Waals surface area contributed by atoms with Crippen molar-refractivity contribution in [2.75, 3.05) is 0 Å². The molecule has 0 spiro atoms. The smallest absolute Gasteiger partial charge is 0.0645 e. The topological polar surface area (TPSA) is 9.86 Å². The van der Waals surface area contributed by atoms with Crippen LogP contribution in [0.5, 0.6) is 0 Å². The van der Waals surface area contributed by atoms with Gasteiger partial charge in [0.2, 0.25) is 0 Å². The van der Waals surface area contributed by atoms with Crippen molar-refractivity contribution in [2.24, 2.45) is 0 Å². The summed E-state index contributed by atoms with van der Waals surface area (Å²) in [5, 5.41) is 6.75. The molecule has 0 aliphatic rings. The van der Waals surface area contributed by atoms with Gasteiger partial charge >= 0.3 is 0 Å². The predicted octanol–water partition coefficient (Wildman–Crippen LogP) is 13.1. The first-order chi connectivity index (χ1) is 28.0. The number of thiophene rings is 1. The van der Waals surface area contributed by atoms with E-state index in [-0.39, 0.29) is 57.3 Å². The molecule has 0 amide bonds. The lowest BCUT2D eigenvalue weighted by molar-refractivity contribution is 1.16. The third-order valence-corrected chi connectivity index (χ3v) is 10.8. The molecule has 0 fully saturated rings. The molecule has 0 radical (unpaired) electrons. The Bertz CT molecular complexity index is 3600. The molecule has 8 aromatic carbocycles. The maximum atomic E-state index is 9.56. The average Bonchev–Trinajstić information content (AvgIpc) is 3.89. The van der Waals surface area contributed by atoms with Crippen LogP contribution in [0.2, 0.25) is 0 Å². The second-order valence-electron chi connectivity index (χ2n) is 12.2. The van der Waals surface area contributed by atoms with Gasteiger partial charge < -0.3 is 9.13 Å². The van der Waals surface area contributed by atoms with Crippen molar-refractivity contribution >= 4 is 85.9 Å². The third-order valence-electron chi connectivity index (χ3n) is 9.64. The van der Waals surface area contributed by atoms with Crippen LogP contribution in [0, 0.1) is 0 Å². The van der Waals surface area contributed by atoms with Crippen molar-refractivity contribution in [1.82, 2.24) is 9.13 Å². The van der Waals surface area contributed by atoms with Crippen molar-refractivity contribution < 1.29 is 12.3 Å². The molecule has 0 saturated heterocycles. The Morgan fingerprint density at radius 3 is 2.08 bits per heavy atom. The number of benzene rings is 8. The number of hydrogen-bond acceptors (Lipinski definition) is 1. The lowest BCUT2D eigenvalue weighted by Gasteiger charge is -2.11. The molecule has 228 valence electrons. The Labute approximate surface area is 298 Å². The van der Waals surface area contributed by atoms with E-state index in [1.165, 1.54) is 0 Å². The van der Waals surface area contributed by atoms with Crippen LogP contribution in [0.4, 0.5) is 0 Å². The van der Waals surface area contributed by atoms with Crippen LogP contribution >= 0.6 is 11.3 Å². The monoisotopic (exact) mass is 649 g/mol. The highest BCUT2D eigenvalue weighted by Gasteiger charge is 2.20. The zero-order valence-electron chi connectivity index (χ0n) is 34.8. The molecule has 0 atom stereocenters. The van der Waals surface area contributed by atoms with Gasteiger partial charge in [0.1, 0.15) is 0 Å². The van der Waals surface area contributed by atoms with Gasteiger partial charge in [-0.05, 0) is 76.4 Å². The van der Waals surface area contributed by atoms with Gasteiger partial charge in [-0.3, -0.25) is 0 Å². The molecule has 3 heteroatoms. The normalized spacial score (nSPS) is 14.7. The van der Waals surface area contributed by atoms with Gasteiger partial charge in [0.25, 0.3) is 0 Å². The number of rotatable bonds is 3. The van der Waals surface area contributed by atoms with Crippen LogP contribution in [-0.2, 0) is 0 Å². The molecule has 49 heavy (non-hydrogen) atoms. The van der Waals surface area contributed by atoms with Crippen LogP contribution in [0.15, 0.2) is 170 Å². The van der Waals surface area contributed by atoms with E-state index < -0.39 is 18.1 Å². The lowest BCUT2D eigenvalue weighted by Crippen LogP contribution is -1.96. The zero-order chi connectivity index (χ0) is 39.9. The first-order valence-electron chi connectivity index (χ1n) is 20.5. The molecule has 0 saturated carbocycles. The van der Waals surface area contributed by atoms with E-state index in [0.717, 1.165) is 71.4 Å². The molecule has 0 unspecified atom stereocenters. The molecule has 3 heterocycles. The fourth-order valence-electron chi connectivity index (χ4n) is 7.53. The van der Waals surface area contributed by atoms with Crippen molar-refractivity contribution in [3.63, 3.8) is 0 Å². The number of aromatic nitrogens is 2. The Morgan fingerprint density at radius 1 is 0.449 bits per heavy atom. The fraction of sp³-hybridized carbons (Fsp3) is 0. The molecule has 3 aromatic heterocycles. The van der Waals surface area contributed by atoms with E-state index in [1.807, 2.05) is 47.0 Å². The van der Waals surface area contributed by atoms with Crippen LogP contribution in [0.3, 0.4) is 0 Å². The standard InChI is InChI=1S/C46H28N2S/c1-2-12-31(13-3-1)48-41-26-23-29-11-4-5-14-33(29)45(41)39-27-38-35-15-6-8-19-40(35)47(42(38)28-43(39)48)32-24-21-30(22-25-32)34-17-10-18-37-36-16-7-9-20-44(36)49-46(34)37/h1-28H/i7D,9D,10D,16D,17D,18D,20D,24D,25D. The Morgan fingerprint density at radius 2 is 1.18 bits per heavy atom. The lowest BCUT2D eigenvalue weighted by atomic mass is 10.0. The summed E-state index contributed by atoms with van der Waals surface area (Å²) in [4.78, 5) is 0. The van der Waals surface area contributed by atoms with E-state index in [9.17, 15) is 2.74 Å². The van der Waals surface area contributed by atoms with Gasteiger partial charge in [-0.2, -0.15) is 0 Å². The fourth-order valence-corrected chi connectivity index (χ4v) is 8.61. The van der Waals surface area contributed by atoms with Gasteiger partial charge in [0.05, 0.1) is 34.4 Å². The minimum atomic E-state index is -0.438. The first kappa shape index (κ1) is 19.6. The van der Waals surface area contributed by atoms with Crippen molar-refractivity contribution in [2.45, 2.75) is 0 Å². The molecule has 11 rings (SSSR count). The van der Waals surface area contributed by atoms with Gasteiger partial charge in [0.15, 0.2) is 0 Å². The third kappa shape index (κ3) is 3.82. The van der Waals surface area contributed by atoms with Crippen molar-refractivity contribution in [3.8, 4) is 22.5 Å². The summed E-state index contributed by atoms with van der Waals surface area (Å²) in [6, 6.07) is 36.1. The number of para-hydroxylation sites is 2. The van der Waals surface area contributed by atoms with Gasteiger partial charge in [-0.25, -0.2) is 0 Å². The van der Waals surface area contributed by atoms with E-state index >= 15 is 0 Å². The van der Waals surface area contributed by atoms with Gasteiger partial charge in [-0.15, -0.1) is 11.3 Å². The maximum absolute atomic E-state index is 9.56. The summed E-state index contributed by atoms with van der Waals surface area (Å²) >= 11 is 1.04. The molecule has 0 aliphatic heterocycles. The molecule has 0 bridgehead atoms. The Hall–Kier alpha value is -6.16. The minimum Gasteiger partial charge on any atom is -0.309 e. The largest absolute Gasteiger partial charge is 0.309 e. The SMILES string of the molecule is [2H]c1cc(-c2c([2H])c([2H])c([2H])c3c2sc2c([2H])c([2H])c([2H])c([2H])c23)cc([2H])c1-n1c2ccccc2c2cc3c4c5ccccc5ccc4n(-c4ccccc4)c3cc21. The summed E-state index contributed by atoms with van der Waals surface area (Å²) in [6.07, 6.45) is 0. The highest BCUT2D eigenvalue weighted by molar-refractivity contribution is 7.26. The van der Waals surface area contributed by atoms with E-state index in [2.05, 4.69) is 65.2 Å². The van der Waals surface area contributed by atoms with Crippen LogP contribution in [-0.4, -0.2) is 9.13 Å². The van der Waals surface area contributed by atoms with Crippen LogP contribution in [0.25, 0.3) is 97.1 Å². The zero-order valence-corrected chi connectivity index (χ0v) is 26.6. The highest BCUT2D eigenvalue weighted by Crippen LogP contribution is 2.43. The van der Waals surface area contributed by atoms with Gasteiger partial charge in [-0.1, -0.05) is 115 Å². The Kier molecular flexibility index (Phi) is 4.07. The second kappa shape index (κ2) is 10.2. The number of fused-ring (bicyclic) bond motifs is 11. The van der Waals surface area contributed by atoms with E-state index in [1.54, 1.807) is 12.1 Å². The van der Waals surface area contributed by atoms with E-state index in [0.29, 0.717) is 16.0 Å². The number of hydrogen-bond donors (Lipinski definition) is 0. The number of nitrogens with zero attached hydrogens (tertiary/aromatic N) is 2. The highest BCUT2D eigenvalue weighted by atomic mass is 32.1. The molecule has 11 aromatic rings. The second-order valence-corrected chi connectivity index (χ2v) is 13.3. The van der Waals surface area contributed by atoms with E-state index in [4.69, 9.17) is 9.60 Å². The minimum absolute atomic E-state index is 0.0132. The summed E-state index contributed by atoms with van der Waals surface area (Å²) in [7, 11) is 0. The summed E-state index contributed by atoms with van der Waals surface area (Å²) in [5.74, 6) is 0. The predicted molar refractivity (Wildman–Crippen MR) is 211 cm³/mol. The van der Waals surface area contributed by atoms with Crippen LogP contribution in [0.1, 0.15) is 12.3 Å².